The minimum atomic E-state index is 0.707. The van der Waals surface area contributed by atoms with Gasteiger partial charge in [0.05, 0.1) is 5.02 Å². The molecule has 0 saturated heterocycles. The predicted octanol–water partition coefficient (Wildman–Crippen LogP) is 3.61. The normalized spacial score (nSPS) is 10.3. The van der Waals surface area contributed by atoms with Crippen LogP contribution < -0.4 is 5.73 Å². The largest absolute Gasteiger partial charge is 0.399 e. The molecule has 2 N–H and O–H groups in total. The van der Waals surface area contributed by atoms with Crippen molar-refractivity contribution in [3.05, 3.63) is 53.3 Å². The Balaban J connectivity index is 2.05. The van der Waals surface area contributed by atoms with Crippen molar-refractivity contribution in [2.24, 2.45) is 0 Å². The molecular weight excluding hydrogens is 240 g/mol. The lowest BCUT2D eigenvalue weighted by molar-refractivity contribution is 1.27. The number of rotatable bonds is 3. The third-order valence-electron chi connectivity index (χ3n) is 2.11. The molecule has 2 aromatic rings. The molecule has 2 nitrogen and oxygen atoms in total. The summed E-state index contributed by atoms with van der Waals surface area (Å²) in [6.45, 7) is 0. The molecule has 0 amide bonds. The number of nitrogen functional groups attached to an aromatic ring is 1. The Morgan fingerprint density at radius 2 is 2.19 bits per heavy atom. The fourth-order valence-electron chi connectivity index (χ4n) is 1.29. The number of hydrogen-bond acceptors (Lipinski definition) is 3. The first kappa shape index (κ1) is 11.3. The van der Waals surface area contributed by atoms with E-state index in [2.05, 4.69) is 4.98 Å². The zero-order chi connectivity index (χ0) is 11.4. The van der Waals surface area contributed by atoms with Crippen LogP contribution in [0.15, 0.2) is 47.6 Å². The van der Waals surface area contributed by atoms with Crippen LogP contribution in [0.4, 0.5) is 5.69 Å². The van der Waals surface area contributed by atoms with E-state index < -0.39 is 0 Å². The molecule has 0 aliphatic carbocycles. The minimum Gasteiger partial charge on any atom is -0.399 e. The summed E-state index contributed by atoms with van der Waals surface area (Å²) in [6.07, 6.45) is 3.41. The SMILES string of the molecule is Nc1cccc(SCc2ccncc2Cl)c1. The molecule has 0 radical (unpaired) electrons. The number of nitrogens with two attached hydrogens (primary N) is 1. The summed E-state index contributed by atoms with van der Waals surface area (Å²) in [5.74, 6) is 0.824. The number of aromatic nitrogens is 1. The highest BCUT2D eigenvalue weighted by Gasteiger charge is 2.01. The van der Waals surface area contributed by atoms with Gasteiger partial charge >= 0.3 is 0 Å². The smallest absolute Gasteiger partial charge is 0.0629 e. The first-order valence-corrected chi connectivity index (χ1v) is 6.19. The van der Waals surface area contributed by atoms with E-state index in [9.17, 15) is 0 Å². The van der Waals surface area contributed by atoms with Crippen LogP contribution in [0.1, 0.15) is 5.56 Å². The summed E-state index contributed by atoms with van der Waals surface area (Å²) in [5, 5.41) is 0.707. The zero-order valence-electron chi connectivity index (χ0n) is 8.56. The highest BCUT2D eigenvalue weighted by atomic mass is 35.5. The van der Waals surface area contributed by atoms with Gasteiger partial charge in [-0.2, -0.15) is 0 Å². The monoisotopic (exact) mass is 250 g/mol. The van der Waals surface area contributed by atoms with Gasteiger partial charge in [0.25, 0.3) is 0 Å². The van der Waals surface area contributed by atoms with Gasteiger partial charge in [0.15, 0.2) is 0 Å². The molecule has 4 heteroatoms. The molecule has 1 aromatic heterocycles. The maximum absolute atomic E-state index is 6.02. The van der Waals surface area contributed by atoms with Crippen LogP contribution >= 0.6 is 23.4 Å². The standard InChI is InChI=1S/C12H11ClN2S/c13-12-7-15-5-4-9(12)8-16-11-3-1-2-10(14)6-11/h1-7H,8,14H2. The first-order chi connectivity index (χ1) is 7.75. The molecule has 0 fully saturated rings. The van der Waals surface area contributed by atoms with Crippen LogP contribution in [0, 0.1) is 0 Å². The van der Waals surface area contributed by atoms with E-state index in [1.807, 2.05) is 30.3 Å². The van der Waals surface area contributed by atoms with Crippen LogP contribution in [0.2, 0.25) is 5.02 Å². The van der Waals surface area contributed by atoms with E-state index in [-0.39, 0.29) is 0 Å². The van der Waals surface area contributed by atoms with Crippen molar-refractivity contribution in [2.75, 3.05) is 5.73 Å². The molecule has 1 aromatic carbocycles. The molecule has 0 unspecified atom stereocenters. The van der Waals surface area contributed by atoms with Crippen molar-refractivity contribution < 1.29 is 0 Å². The van der Waals surface area contributed by atoms with Gasteiger partial charge in [-0.3, -0.25) is 4.98 Å². The van der Waals surface area contributed by atoms with E-state index in [4.69, 9.17) is 17.3 Å². The van der Waals surface area contributed by atoms with E-state index in [0.29, 0.717) is 5.02 Å². The van der Waals surface area contributed by atoms with Crippen molar-refractivity contribution in [3.8, 4) is 0 Å². The summed E-state index contributed by atoms with van der Waals surface area (Å²) in [5.41, 5.74) is 7.58. The maximum Gasteiger partial charge on any atom is 0.0629 e. The van der Waals surface area contributed by atoms with Crippen LogP contribution in [0.25, 0.3) is 0 Å². The van der Waals surface area contributed by atoms with E-state index in [1.54, 1.807) is 24.2 Å². The topological polar surface area (TPSA) is 38.9 Å². The second-order valence-corrected chi connectivity index (χ2v) is 4.78. The fourth-order valence-corrected chi connectivity index (χ4v) is 2.52. The van der Waals surface area contributed by atoms with Crippen LogP contribution in [-0.4, -0.2) is 4.98 Å². The summed E-state index contributed by atoms with van der Waals surface area (Å²) in [4.78, 5) is 5.10. The first-order valence-electron chi connectivity index (χ1n) is 4.82. The minimum absolute atomic E-state index is 0.707. The molecule has 0 aliphatic heterocycles. The lowest BCUT2D eigenvalue weighted by Crippen LogP contribution is -1.86. The highest BCUT2D eigenvalue weighted by molar-refractivity contribution is 7.98. The molecule has 16 heavy (non-hydrogen) atoms. The molecule has 82 valence electrons. The van der Waals surface area contributed by atoms with Crippen molar-refractivity contribution in [2.45, 2.75) is 10.6 Å². The van der Waals surface area contributed by atoms with Gasteiger partial charge in [-0.25, -0.2) is 0 Å². The van der Waals surface area contributed by atoms with Gasteiger partial charge in [-0.05, 0) is 29.8 Å². The van der Waals surface area contributed by atoms with Crippen molar-refractivity contribution in [1.29, 1.82) is 0 Å². The van der Waals surface area contributed by atoms with Crippen molar-refractivity contribution in [1.82, 2.24) is 4.98 Å². The maximum atomic E-state index is 6.02. The number of hydrogen-bond donors (Lipinski definition) is 1. The van der Waals surface area contributed by atoms with Gasteiger partial charge < -0.3 is 5.73 Å². The third-order valence-corrected chi connectivity index (χ3v) is 3.49. The summed E-state index contributed by atoms with van der Waals surface area (Å²) in [6, 6.07) is 9.76. The molecular formula is C12H11ClN2S. The number of anilines is 1. The molecule has 2 rings (SSSR count). The Morgan fingerprint density at radius 3 is 2.94 bits per heavy atom. The van der Waals surface area contributed by atoms with Gasteiger partial charge in [0, 0.05) is 28.7 Å². The Bertz CT molecular complexity index is 488. The predicted molar refractivity (Wildman–Crippen MR) is 69.7 cm³/mol. The van der Waals surface area contributed by atoms with Crippen molar-refractivity contribution in [3.63, 3.8) is 0 Å². The Labute approximate surface area is 104 Å². The number of pyridine rings is 1. The van der Waals surface area contributed by atoms with E-state index in [1.165, 1.54) is 0 Å². The summed E-state index contributed by atoms with van der Waals surface area (Å²) in [7, 11) is 0. The number of halogens is 1. The van der Waals surface area contributed by atoms with E-state index >= 15 is 0 Å². The number of thioether (sulfide) groups is 1. The molecule has 0 saturated carbocycles. The van der Waals surface area contributed by atoms with Crippen LogP contribution in [-0.2, 0) is 5.75 Å². The lowest BCUT2D eigenvalue weighted by Gasteiger charge is -2.04. The van der Waals surface area contributed by atoms with Crippen LogP contribution in [0.5, 0.6) is 0 Å². The molecule has 0 spiro atoms. The average Bonchev–Trinajstić information content (AvgIpc) is 2.28. The van der Waals surface area contributed by atoms with Crippen LogP contribution in [0.3, 0.4) is 0 Å². The van der Waals surface area contributed by atoms with Gasteiger partial charge in [0.2, 0.25) is 0 Å². The zero-order valence-corrected chi connectivity index (χ0v) is 10.1. The number of nitrogens with zero attached hydrogens (tertiary/aromatic N) is 1. The van der Waals surface area contributed by atoms with Gasteiger partial charge in [0.1, 0.15) is 0 Å². The Morgan fingerprint density at radius 1 is 1.31 bits per heavy atom. The Hall–Kier alpha value is -1.19. The van der Waals surface area contributed by atoms with Gasteiger partial charge in [-0.1, -0.05) is 17.7 Å². The third kappa shape index (κ3) is 2.90. The van der Waals surface area contributed by atoms with E-state index in [0.717, 1.165) is 21.9 Å². The average molecular weight is 251 g/mol. The second-order valence-electron chi connectivity index (χ2n) is 3.33. The Kier molecular flexibility index (Phi) is 3.70. The second kappa shape index (κ2) is 5.23. The molecule has 0 bridgehead atoms. The van der Waals surface area contributed by atoms with Gasteiger partial charge in [-0.15, -0.1) is 11.8 Å². The number of benzene rings is 1. The molecule has 0 atom stereocenters. The van der Waals surface area contributed by atoms with Crippen molar-refractivity contribution >= 4 is 29.1 Å². The molecule has 0 aliphatic rings. The highest BCUT2D eigenvalue weighted by Crippen LogP contribution is 2.26. The molecule has 1 heterocycles. The quantitative estimate of drug-likeness (QED) is 0.668. The lowest BCUT2D eigenvalue weighted by atomic mass is 10.3. The summed E-state index contributed by atoms with van der Waals surface area (Å²) >= 11 is 7.73. The fraction of sp³-hybridized carbons (Fsp3) is 0.0833. The summed E-state index contributed by atoms with van der Waals surface area (Å²) < 4.78 is 0.